The van der Waals surface area contributed by atoms with Gasteiger partial charge in [0.15, 0.2) is 0 Å². The topological polar surface area (TPSA) is 26.0 Å². The average molecular weight is 213 g/mol. The molecule has 0 bridgehead atoms. The third-order valence-electron chi connectivity index (χ3n) is 3.93. The van der Waals surface area contributed by atoms with Crippen molar-refractivity contribution < 1.29 is 0 Å². The van der Waals surface area contributed by atoms with Crippen LogP contribution in [0.5, 0.6) is 0 Å². The number of fused-ring (bicyclic) bond motifs is 1. The molecule has 1 fully saturated rings. The lowest BCUT2D eigenvalue weighted by atomic mass is 9.75. The lowest BCUT2D eigenvalue weighted by molar-refractivity contribution is 0.512. The summed E-state index contributed by atoms with van der Waals surface area (Å²) in [7, 11) is 0. The Labute approximate surface area is 97.4 Å². The highest BCUT2D eigenvalue weighted by Crippen LogP contribution is 2.38. The van der Waals surface area contributed by atoms with Gasteiger partial charge in [-0.2, -0.15) is 0 Å². The second-order valence-corrected chi connectivity index (χ2v) is 5.19. The van der Waals surface area contributed by atoms with Crippen molar-refractivity contribution in [1.29, 1.82) is 0 Å². The second kappa shape index (κ2) is 4.06. The maximum Gasteiger partial charge on any atom is 0.00761 e. The van der Waals surface area contributed by atoms with Gasteiger partial charge < -0.3 is 5.73 Å². The third kappa shape index (κ3) is 1.80. The number of rotatable bonds is 1. The van der Waals surface area contributed by atoms with Crippen LogP contribution in [0.1, 0.15) is 42.7 Å². The predicted octanol–water partition coefficient (Wildman–Crippen LogP) is 3.15. The van der Waals surface area contributed by atoms with Crippen molar-refractivity contribution in [1.82, 2.24) is 0 Å². The van der Waals surface area contributed by atoms with Gasteiger partial charge in [-0.3, -0.25) is 0 Å². The van der Waals surface area contributed by atoms with Gasteiger partial charge in [0.1, 0.15) is 0 Å². The van der Waals surface area contributed by atoms with Gasteiger partial charge >= 0.3 is 0 Å². The van der Waals surface area contributed by atoms with Crippen LogP contribution in [0.25, 0.3) is 0 Å². The van der Waals surface area contributed by atoms with E-state index in [4.69, 9.17) is 5.73 Å². The molecule has 16 heavy (non-hydrogen) atoms. The van der Waals surface area contributed by atoms with E-state index in [-0.39, 0.29) is 0 Å². The van der Waals surface area contributed by atoms with E-state index >= 15 is 0 Å². The molecule has 1 saturated carbocycles. The first-order chi connectivity index (χ1) is 7.83. The van der Waals surface area contributed by atoms with Gasteiger partial charge in [0.2, 0.25) is 0 Å². The van der Waals surface area contributed by atoms with Crippen LogP contribution in [-0.4, -0.2) is 6.04 Å². The summed E-state index contributed by atoms with van der Waals surface area (Å²) in [5.74, 6) is 0.677. The molecule has 2 aliphatic rings. The molecule has 0 radical (unpaired) electrons. The highest BCUT2D eigenvalue weighted by molar-refractivity contribution is 5.43. The summed E-state index contributed by atoms with van der Waals surface area (Å²) in [6.45, 7) is 0. The Bertz CT molecular complexity index is 419. The highest BCUT2D eigenvalue weighted by atomic mass is 14.6. The first-order valence-corrected chi connectivity index (χ1v) is 6.36. The van der Waals surface area contributed by atoms with E-state index in [2.05, 4.69) is 30.3 Å². The second-order valence-electron chi connectivity index (χ2n) is 5.19. The lowest BCUT2D eigenvalue weighted by Crippen LogP contribution is -2.24. The molecule has 1 aromatic rings. The summed E-state index contributed by atoms with van der Waals surface area (Å²) < 4.78 is 0. The smallest absolute Gasteiger partial charge is 0.00761 e. The van der Waals surface area contributed by atoms with Crippen molar-refractivity contribution in [3.8, 4) is 0 Å². The van der Waals surface area contributed by atoms with E-state index in [1.54, 1.807) is 5.57 Å². The fourth-order valence-electron chi connectivity index (χ4n) is 3.01. The molecule has 1 nitrogen and oxygen atoms in total. The zero-order chi connectivity index (χ0) is 11.0. The summed E-state index contributed by atoms with van der Waals surface area (Å²) in [4.78, 5) is 0. The first-order valence-electron chi connectivity index (χ1n) is 6.36. The van der Waals surface area contributed by atoms with Gasteiger partial charge in [-0.15, -0.1) is 0 Å². The van der Waals surface area contributed by atoms with Gasteiger partial charge in [0.05, 0.1) is 0 Å². The Kier molecular flexibility index (Phi) is 2.56. The Morgan fingerprint density at radius 3 is 2.88 bits per heavy atom. The van der Waals surface area contributed by atoms with Crippen molar-refractivity contribution in [2.75, 3.05) is 0 Å². The fourth-order valence-corrected chi connectivity index (χ4v) is 3.01. The number of hydrogen-bond donors (Lipinski definition) is 1. The van der Waals surface area contributed by atoms with Gasteiger partial charge in [0.25, 0.3) is 0 Å². The van der Waals surface area contributed by atoms with Crippen molar-refractivity contribution >= 4 is 0 Å². The molecule has 0 aliphatic heterocycles. The molecule has 2 aliphatic carbocycles. The molecule has 0 aromatic heterocycles. The molecule has 2 unspecified atom stereocenters. The molecular formula is C15H19N. The Morgan fingerprint density at radius 1 is 1.19 bits per heavy atom. The molecular weight excluding hydrogens is 194 g/mol. The van der Waals surface area contributed by atoms with Crippen LogP contribution in [-0.2, 0) is 6.42 Å². The summed E-state index contributed by atoms with van der Waals surface area (Å²) in [6, 6.07) is 9.21. The predicted molar refractivity (Wildman–Crippen MR) is 67.4 cm³/mol. The lowest BCUT2D eigenvalue weighted by Gasteiger charge is -2.30. The molecule has 2 N–H and O–H groups in total. The van der Waals surface area contributed by atoms with Crippen LogP contribution in [0, 0.1) is 0 Å². The maximum atomic E-state index is 6.01. The zero-order valence-corrected chi connectivity index (χ0v) is 9.65. The zero-order valence-electron chi connectivity index (χ0n) is 9.65. The molecule has 84 valence electrons. The molecule has 0 saturated heterocycles. The van der Waals surface area contributed by atoms with Crippen LogP contribution in [0.3, 0.4) is 0 Å². The molecule has 0 heterocycles. The molecule has 0 amide bonds. The minimum Gasteiger partial charge on any atom is -0.327 e. The van der Waals surface area contributed by atoms with Crippen molar-refractivity contribution in [3.63, 3.8) is 0 Å². The van der Waals surface area contributed by atoms with Crippen molar-refractivity contribution in [2.24, 2.45) is 5.73 Å². The standard InChI is InChI=1S/C15H19N/c16-14-6-3-4-11(9-14)8-13-10-12-5-1-2-7-15(12)13/h1-2,5,7-8,13-14H,3-4,6,9-10,16H2/b11-8-. The largest absolute Gasteiger partial charge is 0.327 e. The van der Waals surface area contributed by atoms with Gasteiger partial charge in [-0.1, -0.05) is 35.9 Å². The summed E-state index contributed by atoms with van der Waals surface area (Å²) in [5.41, 5.74) is 10.7. The summed E-state index contributed by atoms with van der Waals surface area (Å²) in [6.07, 6.45) is 8.60. The van der Waals surface area contributed by atoms with Crippen LogP contribution in [0.4, 0.5) is 0 Å². The number of nitrogens with two attached hydrogens (primary N) is 1. The van der Waals surface area contributed by atoms with Gasteiger partial charge in [-0.25, -0.2) is 0 Å². The van der Waals surface area contributed by atoms with Crippen LogP contribution < -0.4 is 5.73 Å². The van der Waals surface area contributed by atoms with Crippen molar-refractivity contribution in [2.45, 2.75) is 44.1 Å². The van der Waals surface area contributed by atoms with E-state index in [1.807, 2.05) is 0 Å². The van der Waals surface area contributed by atoms with E-state index < -0.39 is 0 Å². The number of allylic oxidation sites excluding steroid dienone is 1. The van der Waals surface area contributed by atoms with E-state index in [1.165, 1.54) is 36.8 Å². The van der Waals surface area contributed by atoms with Gasteiger partial charge in [-0.05, 0) is 43.2 Å². The number of benzene rings is 1. The van der Waals surface area contributed by atoms with Crippen LogP contribution in [0.2, 0.25) is 0 Å². The minimum absolute atomic E-state index is 0.412. The average Bonchev–Trinajstić information content (AvgIpc) is 2.26. The molecule has 2 atom stereocenters. The molecule has 1 heteroatoms. The van der Waals surface area contributed by atoms with E-state index in [9.17, 15) is 0 Å². The van der Waals surface area contributed by atoms with Crippen molar-refractivity contribution in [3.05, 3.63) is 47.0 Å². The third-order valence-corrected chi connectivity index (χ3v) is 3.93. The van der Waals surface area contributed by atoms with Gasteiger partial charge in [0, 0.05) is 12.0 Å². The maximum absolute atomic E-state index is 6.01. The number of hydrogen-bond acceptors (Lipinski definition) is 1. The summed E-state index contributed by atoms with van der Waals surface area (Å²) >= 11 is 0. The Balaban J connectivity index is 1.75. The molecule has 3 rings (SSSR count). The highest BCUT2D eigenvalue weighted by Gasteiger charge is 2.24. The molecule has 1 aromatic carbocycles. The normalized spacial score (nSPS) is 30.9. The Hall–Kier alpha value is -1.08. The monoisotopic (exact) mass is 213 g/mol. The minimum atomic E-state index is 0.412. The quantitative estimate of drug-likeness (QED) is 0.712. The first kappa shape index (κ1) is 10.1. The Morgan fingerprint density at radius 2 is 2.06 bits per heavy atom. The van der Waals surface area contributed by atoms with E-state index in [0.717, 1.165) is 6.42 Å². The SMILES string of the molecule is NC1CCC/C(=C/C2Cc3ccccc32)C1. The van der Waals surface area contributed by atoms with Crippen LogP contribution in [0.15, 0.2) is 35.9 Å². The van der Waals surface area contributed by atoms with Crippen LogP contribution >= 0.6 is 0 Å². The fraction of sp³-hybridized carbons (Fsp3) is 0.467. The summed E-state index contributed by atoms with van der Waals surface area (Å²) in [5, 5.41) is 0. The van der Waals surface area contributed by atoms with E-state index in [0.29, 0.717) is 12.0 Å². The molecule has 0 spiro atoms.